The summed E-state index contributed by atoms with van der Waals surface area (Å²) in [5.41, 5.74) is 8.22. The third kappa shape index (κ3) is 4.46. The van der Waals surface area contributed by atoms with Crippen LogP contribution in [-0.4, -0.2) is 22.8 Å². The minimum Gasteiger partial charge on any atom is -0.368 e. The molecule has 0 aliphatic heterocycles. The van der Waals surface area contributed by atoms with Gasteiger partial charge in [0, 0.05) is 0 Å². The summed E-state index contributed by atoms with van der Waals surface area (Å²) in [5.74, 6) is 0. The highest BCUT2D eigenvalue weighted by Crippen LogP contribution is 2.59. The van der Waals surface area contributed by atoms with Gasteiger partial charge in [0.05, 0.1) is 18.6 Å². The number of aliphatic hydroxyl groups excluding tert-OH is 2. The molecule has 4 nitrogen and oxygen atoms in total. The molecule has 0 bridgehead atoms. The molecule has 6 aromatic carbocycles. The molecular formula is C39H34O4. The fourth-order valence-electron chi connectivity index (χ4n) is 7.08. The molecule has 43 heavy (non-hydrogen) atoms. The molecule has 1 aliphatic rings. The molecule has 2 N–H and O–H groups in total. The van der Waals surface area contributed by atoms with Crippen molar-refractivity contribution in [1.29, 1.82) is 0 Å². The highest BCUT2D eigenvalue weighted by atomic mass is 16.6. The van der Waals surface area contributed by atoms with Crippen molar-refractivity contribution in [3.8, 4) is 11.1 Å². The summed E-state index contributed by atoms with van der Waals surface area (Å²) in [7, 11) is 0. The van der Waals surface area contributed by atoms with E-state index >= 15 is 0 Å². The Bertz CT molecular complexity index is 1810. The Morgan fingerprint density at radius 3 is 1.35 bits per heavy atom. The van der Waals surface area contributed by atoms with E-state index in [1.54, 1.807) is 13.8 Å². The van der Waals surface area contributed by atoms with E-state index in [2.05, 4.69) is 121 Å². The summed E-state index contributed by atoms with van der Waals surface area (Å²) in [6, 6.07) is 42.9. The third-order valence-corrected chi connectivity index (χ3v) is 8.69. The molecule has 0 aromatic heterocycles. The Morgan fingerprint density at radius 1 is 0.512 bits per heavy atom. The first-order valence-corrected chi connectivity index (χ1v) is 14.8. The van der Waals surface area contributed by atoms with E-state index < -0.39 is 18.0 Å². The molecule has 0 fully saturated rings. The first-order chi connectivity index (χ1) is 21.0. The summed E-state index contributed by atoms with van der Waals surface area (Å²) in [5, 5.41) is 24.9. The molecule has 0 spiro atoms. The summed E-state index contributed by atoms with van der Waals surface area (Å²) in [6.07, 6.45) is -1.82. The van der Waals surface area contributed by atoms with Crippen LogP contribution in [0.5, 0.6) is 0 Å². The topological polar surface area (TPSA) is 58.9 Å². The van der Waals surface area contributed by atoms with Crippen molar-refractivity contribution >= 4 is 21.5 Å². The number of hydrogen-bond donors (Lipinski definition) is 2. The van der Waals surface area contributed by atoms with Gasteiger partial charge >= 0.3 is 0 Å². The normalized spacial score (nSPS) is 14.9. The van der Waals surface area contributed by atoms with Crippen LogP contribution in [0.3, 0.4) is 0 Å². The third-order valence-electron chi connectivity index (χ3n) is 8.69. The summed E-state index contributed by atoms with van der Waals surface area (Å²) < 4.78 is 11.9. The Hall–Kier alpha value is -4.32. The van der Waals surface area contributed by atoms with E-state index in [1.165, 1.54) is 22.3 Å². The average molecular weight is 567 g/mol. The number of hydrogen-bond acceptors (Lipinski definition) is 4. The number of rotatable bonds is 8. The zero-order chi connectivity index (χ0) is 29.6. The first kappa shape index (κ1) is 27.5. The smallest absolute Gasteiger partial charge is 0.152 e. The van der Waals surface area contributed by atoms with Crippen LogP contribution in [0.15, 0.2) is 121 Å². The second-order valence-corrected chi connectivity index (χ2v) is 11.3. The van der Waals surface area contributed by atoms with Gasteiger partial charge in [0.2, 0.25) is 0 Å². The molecule has 0 radical (unpaired) electrons. The van der Waals surface area contributed by atoms with E-state index in [1.807, 2.05) is 0 Å². The highest BCUT2D eigenvalue weighted by Gasteiger charge is 2.49. The molecule has 0 saturated carbocycles. The molecule has 0 saturated heterocycles. The van der Waals surface area contributed by atoms with Gasteiger partial charge in [0.1, 0.15) is 0 Å². The molecule has 4 heteroatoms. The number of fused-ring (bicyclic) bond motifs is 5. The predicted molar refractivity (Wildman–Crippen MR) is 172 cm³/mol. The van der Waals surface area contributed by atoms with Gasteiger partial charge in [0.25, 0.3) is 0 Å². The standard InChI is InChI=1S/C39H34O4/c1-25(40)42-23-29-21-19-27-11-3-5-13-31(27)37(29)39(35-17-9-7-15-33(35)34-16-8-10-18-36(34)39)38-30(24-43-26(2)41)22-20-28-12-4-6-14-32(28)38/h3-22,25-26,40-41H,23-24H2,1-2H3. The van der Waals surface area contributed by atoms with Gasteiger partial charge in [-0.1, -0.05) is 121 Å². The van der Waals surface area contributed by atoms with Gasteiger partial charge in [-0.25, -0.2) is 0 Å². The maximum Gasteiger partial charge on any atom is 0.152 e. The lowest BCUT2D eigenvalue weighted by atomic mass is 9.63. The molecule has 2 atom stereocenters. The molecule has 1 aliphatic carbocycles. The SMILES string of the molecule is CC(O)OCc1ccc2ccccc2c1C1(c2c(COC(C)O)ccc3ccccc23)c2ccccc2-c2ccccc21. The van der Waals surface area contributed by atoms with E-state index in [9.17, 15) is 10.2 Å². The van der Waals surface area contributed by atoms with E-state index in [0.29, 0.717) is 0 Å². The summed E-state index contributed by atoms with van der Waals surface area (Å²) in [4.78, 5) is 0. The van der Waals surface area contributed by atoms with Crippen LogP contribution < -0.4 is 0 Å². The van der Waals surface area contributed by atoms with Gasteiger partial charge < -0.3 is 19.7 Å². The molecule has 0 amide bonds. The Morgan fingerprint density at radius 2 is 0.907 bits per heavy atom. The molecule has 6 aromatic rings. The van der Waals surface area contributed by atoms with Crippen LogP contribution in [0.4, 0.5) is 0 Å². The van der Waals surface area contributed by atoms with Gasteiger partial charge in [-0.3, -0.25) is 0 Å². The Kier molecular flexibility index (Phi) is 7.08. The average Bonchev–Trinajstić information content (AvgIpc) is 3.32. The van der Waals surface area contributed by atoms with Crippen LogP contribution in [0.2, 0.25) is 0 Å². The highest BCUT2D eigenvalue weighted by molar-refractivity contribution is 5.99. The molecule has 214 valence electrons. The van der Waals surface area contributed by atoms with Crippen LogP contribution in [0.1, 0.15) is 47.2 Å². The molecule has 0 heterocycles. The van der Waals surface area contributed by atoms with Crippen LogP contribution >= 0.6 is 0 Å². The molecular weight excluding hydrogens is 532 g/mol. The summed E-state index contributed by atoms with van der Waals surface area (Å²) in [6.45, 7) is 3.78. The quantitative estimate of drug-likeness (QED) is 0.183. The first-order valence-electron chi connectivity index (χ1n) is 14.8. The predicted octanol–water partition coefficient (Wildman–Crippen LogP) is 8.07. The zero-order valence-electron chi connectivity index (χ0n) is 24.3. The van der Waals surface area contributed by atoms with Crippen molar-refractivity contribution in [2.45, 2.75) is 45.1 Å². The van der Waals surface area contributed by atoms with Gasteiger partial charge in [-0.15, -0.1) is 0 Å². The second-order valence-electron chi connectivity index (χ2n) is 11.3. The fraction of sp³-hybridized carbons (Fsp3) is 0.179. The largest absolute Gasteiger partial charge is 0.368 e. The van der Waals surface area contributed by atoms with Crippen molar-refractivity contribution < 1.29 is 19.7 Å². The van der Waals surface area contributed by atoms with E-state index in [-0.39, 0.29) is 13.2 Å². The van der Waals surface area contributed by atoms with E-state index in [0.717, 1.165) is 43.8 Å². The lowest BCUT2D eigenvalue weighted by Crippen LogP contribution is -2.32. The molecule has 2 unspecified atom stereocenters. The Labute approximate surface area is 251 Å². The van der Waals surface area contributed by atoms with Crippen LogP contribution in [0.25, 0.3) is 32.7 Å². The van der Waals surface area contributed by atoms with Gasteiger partial charge in [0.15, 0.2) is 12.6 Å². The maximum absolute atomic E-state index is 10.2. The van der Waals surface area contributed by atoms with Gasteiger partial charge in [-0.05, 0) is 79.9 Å². The number of benzene rings is 6. The second kappa shape index (κ2) is 11.1. The van der Waals surface area contributed by atoms with Crippen LogP contribution in [0, 0.1) is 0 Å². The van der Waals surface area contributed by atoms with Crippen molar-refractivity contribution in [3.05, 3.63) is 155 Å². The van der Waals surface area contributed by atoms with Gasteiger partial charge in [-0.2, -0.15) is 0 Å². The van der Waals surface area contributed by atoms with Crippen LogP contribution in [-0.2, 0) is 28.1 Å². The number of aliphatic hydroxyl groups is 2. The summed E-state index contributed by atoms with van der Waals surface area (Å²) >= 11 is 0. The van der Waals surface area contributed by atoms with Crippen molar-refractivity contribution in [2.24, 2.45) is 0 Å². The van der Waals surface area contributed by atoms with Crippen molar-refractivity contribution in [3.63, 3.8) is 0 Å². The maximum atomic E-state index is 10.2. The molecule has 7 rings (SSSR count). The monoisotopic (exact) mass is 566 g/mol. The van der Waals surface area contributed by atoms with Crippen molar-refractivity contribution in [1.82, 2.24) is 0 Å². The minimum absolute atomic E-state index is 0.244. The van der Waals surface area contributed by atoms with Crippen molar-refractivity contribution in [2.75, 3.05) is 0 Å². The fourth-order valence-corrected chi connectivity index (χ4v) is 7.08. The Balaban J connectivity index is 1.72. The lowest BCUT2D eigenvalue weighted by molar-refractivity contribution is -0.0942. The zero-order valence-corrected chi connectivity index (χ0v) is 24.3. The van der Waals surface area contributed by atoms with E-state index in [4.69, 9.17) is 9.47 Å². The minimum atomic E-state index is -0.911. The number of ether oxygens (including phenoxy) is 2. The lowest BCUT2D eigenvalue weighted by Gasteiger charge is -2.39.